The molecule has 0 aliphatic rings. The fourth-order valence-corrected chi connectivity index (χ4v) is 1.39. The van der Waals surface area contributed by atoms with Crippen molar-refractivity contribution in [1.82, 2.24) is 5.32 Å². The Morgan fingerprint density at radius 3 is 2.47 bits per heavy atom. The standard InChI is InChI=1S/C13H21NO/c1-10-5-6-11(9-12(10)15)7-8-14-13(2,3)4/h5-6,9,14-15H,7-8H2,1-4H3. The zero-order valence-electron chi connectivity index (χ0n) is 10.1. The Bertz CT molecular complexity index is 326. The van der Waals surface area contributed by atoms with Gasteiger partial charge in [-0.25, -0.2) is 0 Å². The van der Waals surface area contributed by atoms with Gasteiger partial charge in [-0.3, -0.25) is 0 Å². The molecule has 0 aliphatic heterocycles. The topological polar surface area (TPSA) is 32.3 Å². The van der Waals surface area contributed by atoms with Crippen LogP contribution in [0.1, 0.15) is 31.9 Å². The van der Waals surface area contributed by atoms with E-state index in [9.17, 15) is 5.11 Å². The molecule has 0 spiro atoms. The summed E-state index contributed by atoms with van der Waals surface area (Å²) in [6.45, 7) is 9.30. The molecule has 0 radical (unpaired) electrons. The SMILES string of the molecule is Cc1ccc(CCNC(C)(C)C)cc1O. The van der Waals surface area contributed by atoms with E-state index in [1.807, 2.05) is 19.1 Å². The highest BCUT2D eigenvalue weighted by molar-refractivity contribution is 5.35. The maximum Gasteiger partial charge on any atom is 0.118 e. The van der Waals surface area contributed by atoms with Crippen LogP contribution in [-0.2, 0) is 6.42 Å². The Hall–Kier alpha value is -1.02. The lowest BCUT2D eigenvalue weighted by Gasteiger charge is -2.20. The number of aromatic hydroxyl groups is 1. The smallest absolute Gasteiger partial charge is 0.118 e. The molecule has 1 aromatic rings. The van der Waals surface area contributed by atoms with Crippen LogP contribution in [0.15, 0.2) is 18.2 Å². The second-order valence-electron chi connectivity index (χ2n) is 5.05. The maximum absolute atomic E-state index is 9.54. The average Bonchev–Trinajstić information content (AvgIpc) is 2.09. The van der Waals surface area contributed by atoms with Crippen LogP contribution >= 0.6 is 0 Å². The Kier molecular flexibility index (Phi) is 3.75. The van der Waals surface area contributed by atoms with E-state index < -0.39 is 0 Å². The first-order valence-corrected chi connectivity index (χ1v) is 5.42. The molecule has 0 heterocycles. The molecule has 1 aromatic carbocycles. The van der Waals surface area contributed by atoms with Gasteiger partial charge in [-0.05, 0) is 57.9 Å². The molecule has 2 heteroatoms. The molecule has 15 heavy (non-hydrogen) atoms. The highest BCUT2D eigenvalue weighted by atomic mass is 16.3. The fourth-order valence-electron chi connectivity index (χ4n) is 1.39. The van der Waals surface area contributed by atoms with Crippen molar-refractivity contribution in [1.29, 1.82) is 0 Å². The third-order valence-corrected chi connectivity index (χ3v) is 2.34. The third-order valence-electron chi connectivity index (χ3n) is 2.34. The van der Waals surface area contributed by atoms with E-state index >= 15 is 0 Å². The summed E-state index contributed by atoms with van der Waals surface area (Å²) in [5, 5.41) is 13.0. The first-order valence-electron chi connectivity index (χ1n) is 5.42. The minimum absolute atomic E-state index is 0.159. The van der Waals surface area contributed by atoms with Crippen LogP contribution in [0.25, 0.3) is 0 Å². The van der Waals surface area contributed by atoms with Crippen LogP contribution in [0.5, 0.6) is 5.75 Å². The number of rotatable bonds is 3. The molecule has 2 nitrogen and oxygen atoms in total. The number of hydrogen-bond donors (Lipinski definition) is 2. The van der Waals surface area contributed by atoms with Crippen molar-refractivity contribution >= 4 is 0 Å². The molecule has 1 rings (SSSR count). The summed E-state index contributed by atoms with van der Waals surface area (Å²) in [4.78, 5) is 0. The van der Waals surface area contributed by atoms with Crippen LogP contribution in [0.2, 0.25) is 0 Å². The molecule has 0 atom stereocenters. The molecule has 0 fully saturated rings. The van der Waals surface area contributed by atoms with Crippen LogP contribution < -0.4 is 5.32 Å². The summed E-state index contributed by atoms with van der Waals surface area (Å²) in [5.41, 5.74) is 2.27. The van der Waals surface area contributed by atoms with Crippen molar-refractivity contribution in [3.05, 3.63) is 29.3 Å². The van der Waals surface area contributed by atoms with Crippen molar-refractivity contribution in [3.63, 3.8) is 0 Å². The third kappa shape index (κ3) is 4.34. The highest BCUT2D eigenvalue weighted by Gasteiger charge is 2.07. The Morgan fingerprint density at radius 2 is 1.93 bits per heavy atom. The van der Waals surface area contributed by atoms with Gasteiger partial charge in [0.1, 0.15) is 5.75 Å². The van der Waals surface area contributed by atoms with Gasteiger partial charge in [-0.15, -0.1) is 0 Å². The zero-order valence-corrected chi connectivity index (χ0v) is 10.1. The van der Waals surface area contributed by atoms with E-state index in [-0.39, 0.29) is 5.54 Å². The van der Waals surface area contributed by atoms with Crippen LogP contribution in [0.4, 0.5) is 0 Å². The normalized spacial score (nSPS) is 11.7. The van der Waals surface area contributed by atoms with Gasteiger partial charge in [0.25, 0.3) is 0 Å². The number of benzene rings is 1. The predicted octanol–water partition coefficient (Wildman–Crippen LogP) is 2.63. The van der Waals surface area contributed by atoms with Crippen molar-refractivity contribution in [2.75, 3.05) is 6.54 Å². The summed E-state index contributed by atoms with van der Waals surface area (Å²) in [7, 11) is 0. The molecule has 0 bridgehead atoms. The molecule has 0 amide bonds. The van der Waals surface area contributed by atoms with E-state index in [0.717, 1.165) is 18.5 Å². The van der Waals surface area contributed by atoms with E-state index in [1.54, 1.807) is 0 Å². The summed E-state index contributed by atoms with van der Waals surface area (Å²) in [6, 6.07) is 5.88. The van der Waals surface area contributed by atoms with Crippen molar-refractivity contribution in [2.24, 2.45) is 0 Å². The molecule has 0 aromatic heterocycles. The molecule has 84 valence electrons. The number of phenols is 1. The van der Waals surface area contributed by atoms with E-state index in [1.165, 1.54) is 5.56 Å². The maximum atomic E-state index is 9.54. The van der Waals surface area contributed by atoms with E-state index in [0.29, 0.717) is 5.75 Å². The van der Waals surface area contributed by atoms with Gasteiger partial charge in [0, 0.05) is 5.54 Å². The minimum Gasteiger partial charge on any atom is -0.508 e. The summed E-state index contributed by atoms with van der Waals surface area (Å²) in [5.74, 6) is 0.392. The number of phenolic OH excluding ortho intramolecular Hbond substituents is 1. The van der Waals surface area contributed by atoms with Gasteiger partial charge in [-0.2, -0.15) is 0 Å². The van der Waals surface area contributed by atoms with Crippen LogP contribution in [0, 0.1) is 6.92 Å². The van der Waals surface area contributed by atoms with Gasteiger partial charge in [0.05, 0.1) is 0 Å². The first-order chi connectivity index (χ1) is 6.88. The van der Waals surface area contributed by atoms with Crippen molar-refractivity contribution in [2.45, 2.75) is 39.7 Å². The predicted molar refractivity (Wildman–Crippen MR) is 64.3 cm³/mol. The second kappa shape index (κ2) is 4.67. The lowest BCUT2D eigenvalue weighted by atomic mass is 10.1. The molecule has 0 aliphatic carbocycles. The summed E-state index contributed by atoms with van der Waals surface area (Å²) < 4.78 is 0. The van der Waals surface area contributed by atoms with Gasteiger partial charge in [0.2, 0.25) is 0 Å². The van der Waals surface area contributed by atoms with Gasteiger partial charge < -0.3 is 10.4 Å². The number of hydrogen-bond acceptors (Lipinski definition) is 2. The van der Waals surface area contributed by atoms with Crippen molar-refractivity contribution < 1.29 is 5.11 Å². The van der Waals surface area contributed by atoms with E-state index in [2.05, 4.69) is 32.2 Å². The monoisotopic (exact) mass is 207 g/mol. The van der Waals surface area contributed by atoms with Gasteiger partial charge >= 0.3 is 0 Å². The summed E-state index contributed by atoms with van der Waals surface area (Å²) >= 11 is 0. The van der Waals surface area contributed by atoms with Crippen molar-refractivity contribution in [3.8, 4) is 5.75 Å². The molecule has 0 saturated carbocycles. The van der Waals surface area contributed by atoms with Gasteiger partial charge in [-0.1, -0.05) is 12.1 Å². The summed E-state index contributed by atoms with van der Waals surface area (Å²) in [6.07, 6.45) is 0.950. The largest absolute Gasteiger partial charge is 0.508 e. The minimum atomic E-state index is 0.159. The Balaban J connectivity index is 2.48. The first kappa shape index (κ1) is 12.1. The number of nitrogens with one attached hydrogen (secondary N) is 1. The molecular weight excluding hydrogens is 186 g/mol. The molecule has 0 unspecified atom stereocenters. The zero-order chi connectivity index (χ0) is 11.5. The second-order valence-corrected chi connectivity index (χ2v) is 5.05. The highest BCUT2D eigenvalue weighted by Crippen LogP contribution is 2.17. The lowest BCUT2D eigenvalue weighted by Crippen LogP contribution is -2.37. The quantitative estimate of drug-likeness (QED) is 0.798. The van der Waals surface area contributed by atoms with Crippen LogP contribution in [-0.4, -0.2) is 17.2 Å². The van der Waals surface area contributed by atoms with E-state index in [4.69, 9.17) is 0 Å². The fraction of sp³-hybridized carbons (Fsp3) is 0.538. The Morgan fingerprint density at radius 1 is 1.27 bits per heavy atom. The molecule has 0 saturated heterocycles. The molecule has 2 N–H and O–H groups in total. The Labute approximate surface area is 92.3 Å². The molecular formula is C13H21NO. The number of aryl methyl sites for hydroxylation is 1. The average molecular weight is 207 g/mol. The lowest BCUT2D eigenvalue weighted by molar-refractivity contribution is 0.429. The van der Waals surface area contributed by atoms with Crippen LogP contribution in [0.3, 0.4) is 0 Å². The van der Waals surface area contributed by atoms with Gasteiger partial charge in [0.15, 0.2) is 0 Å².